The third kappa shape index (κ3) is 8.29. The lowest BCUT2D eigenvalue weighted by Gasteiger charge is -2.27. The summed E-state index contributed by atoms with van der Waals surface area (Å²) < 4.78 is 17.4. The van der Waals surface area contributed by atoms with Gasteiger partial charge in [-0.1, -0.05) is 0 Å². The molecule has 0 aromatic heterocycles. The lowest BCUT2D eigenvalue weighted by molar-refractivity contribution is -0.156. The Labute approximate surface area is 97.9 Å². The van der Waals surface area contributed by atoms with E-state index in [0.29, 0.717) is 0 Å². The largest absolute Gasteiger partial charge is 0.481 e. The minimum absolute atomic E-state index is 0.110. The second-order valence-corrected chi connectivity index (χ2v) is 3.83. The number of hydrogen-bond donors (Lipinski definition) is 1. The zero-order valence-corrected chi connectivity index (χ0v) is 9.56. The van der Waals surface area contributed by atoms with Crippen molar-refractivity contribution in [2.24, 2.45) is 0 Å². The molecule has 0 saturated carbocycles. The van der Waals surface area contributed by atoms with Crippen LogP contribution < -0.4 is 0 Å². The molecule has 0 aliphatic heterocycles. The average molecular weight is 229 g/mol. The van der Waals surface area contributed by atoms with Crippen LogP contribution in [0.15, 0.2) is 0 Å². The van der Waals surface area contributed by atoms with Crippen LogP contribution in [0.25, 0.3) is 0 Å². The van der Waals surface area contributed by atoms with Gasteiger partial charge in [0.15, 0.2) is 0 Å². The van der Waals surface area contributed by atoms with Gasteiger partial charge in [-0.15, -0.1) is 0 Å². The number of carboxylic acids is 1. The molecule has 90 valence electrons. The maximum atomic E-state index is 11.2. The molecule has 1 N–H and O–H groups in total. The molecule has 0 saturated heterocycles. The van der Waals surface area contributed by atoms with Crippen molar-refractivity contribution in [2.75, 3.05) is 6.61 Å². The van der Waals surface area contributed by atoms with Gasteiger partial charge < -0.3 is 14.6 Å². The van der Waals surface area contributed by atoms with Crippen LogP contribution in [0.5, 0.6) is 0 Å². The van der Waals surface area contributed by atoms with Crippen molar-refractivity contribution in [2.45, 2.75) is 45.2 Å². The van der Waals surface area contributed by atoms with Crippen molar-refractivity contribution in [3.8, 4) is 0 Å². The van der Waals surface area contributed by atoms with E-state index in [1.165, 1.54) is 0 Å². The molecule has 1 unspecified atom stereocenters. The van der Waals surface area contributed by atoms with Crippen LogP contribution in [-0.2, 0) is 19.1 Å². The van der Waals surface area contributed by atoms with E-state index in [2.05, 4.69) is 0 Å². The molecule has 6 heteroatoms. The molecule has 2 radical (unpaired) electrons. The van der Waals surface area contributed by atoms with Crippen molar-refractivity contribution in [1.29, 1.82) is 0 Å². The first-order valence-electron chi connectivity index (χ1n) is 5.60. The molecule has 0 spiro atoms. The second kappa shape index (κ2) is 6.53. The Morgan fingerprint density at radius 2 is 2.19 bits per heavy atom. The van der Waals surface area contributed by atoms with Gasteiger partial charge in [0.05, 0.1) is 18.4 Å². The summed E-state index contributed by atoms with van der Waals surface area (Å²) in [4.78, 5) is 21.4. The van der Waals surface area contributed by atoms with Crippen LogP contribution in [0.3, 0.4) is 0 Å². The van der Waals surface area contributed by atoms with E-state index in [0.717, 1.165) is 0 Å². The summed E-state index contributed by atoms with van der Waals surface area (Å²) in [7, 11) is 5.44. The Hall–Kier alpha value is -1.04. The first-order chi connectivity index (χ1) is 7.79. The molecule has 0 aliphatic carbocycles. The molecule has 0 heterocycles. The molecule has 0 aliphatic rings. The minimum atomic E-state index is -1.06. The second-order valence-electron chi connectivity index (χ2n) is 3.83. The van der Waals surface area contributed by atoms with Crippen LogP contribution >= 0.6 is 0 Å². The normalized spacial score (nSPS) is 17.0. The maximum absolute atomic E-state index is 11.2. The molecule has 5 nitrogen and oxygen atoms in total. The van der Waals surface area contributed by atoms with Crippen LogP contribution in [0, 0.1) is 0 Å². The predicted molar refractivity (Wildman–Crippen MR) is 58.2 cm³/mol. The lowest BCUT2D eigenvalue weighted by Crippen LogP contribution is -2.35. The smallest absolute Gasteiger partial charge is 0.306 e. The molecule has 0 rings (SSSR count). The molecule has 0 aromatic rings. The molecule has 0 aromatic carbocycles. The SMILES string of the molecule is [2H]CC(C)(COC(=O)CCC(=O)O)O[C@@H]([B])C. The van der Waals surface area contributed by atoms with E-state index in [1.807, 2.05) is 0 Å². The maximum Gasteiger partial charge on any atom is 0.306 e. The van der Waals surface area contributed by atoms with Gasteiger partial charge in [-0.3, -0.25) is 9.59 Å². The number of aliphatic carboxylic acids is 1. The highest BCUT2D eigenvalue weighted by molar-refractivity contribution is 6.10. The monoisotopic (exact) mass is 229 g/mol. The molecule has 2 atom stereocenters. The van der Waals surface area contributed by atoms with Gasteiger partial charge >= 0.3 is 11.9 Å². The van der Waals surface area contributed by atoms with Gasteiger partial charge in [-0.2, -0.15) is 0 Å². The van der Waals surface area contributed by atoms with Gasteiger partial charge in [0, 0.05) is 7.37 Å². The number of carbonyl (C=O) groups excluding carboxylic acids is 1. The third-order valence-electron chi connectivity index (χ3n) is 1.55. The van der Waals surface area contributed by atoms with Crippen LogP contribution in [-0.4, -0.2) is 43.1 Å². The van der Waals surface area contributed by atoms with Crippen molar-refractivity contribution in [3.05, 3.63) is 0 Å². The summed E-state index contributed by atoms with van der Waals surface area (Å²) in [5.41, 5.74) is -0.965. The lowest BCUT2D eigenvalue weighted by atomic mass is 10.0. The molecular weight excluding hydrogens is 211 g/mol. The van der Waals surface area contributed by atoms with Gasteiger partial charge in [-0.05, 0) is 20.7 Å². The Balaban J connectivity index is 4.05. The number of carboxylic acid groups (broad SMARTS) is 1. The first-order valence-corrected chi connectivity index (χ1v) is 4.89. The zero-order valence-electron chi connectivity index (χ0n) is 10.6. The summed E-state index contributed by atoms with van der Waals surface area (Å²) in [6, 6.07) is -0.567. The fourth-order valence-corrected chi connectivity index (χ4v) is 0.997. The van der Waals surface area contributed by atoms with Gasteiger partial charge in [0.2, 0.25) is 0 Å². The third-order valence-corrected chi connectivity index (χ3v) is 1.55. The number of esters is 1. The van der Waals surface area contributed by atoms with Crippen molar-refractivity contribution in [1.82, 2.24) is 0 Å². The summed E-state index contributed by atoms with van der Waals surface area (Å²) in [5, 5.41) is 8.38. The quantitative estimate of drug-likeness (QED) is 0.514. The minimum Gasteiger partial charge on any atom is -0.481 e. The topological polar surface area (TPSA) is 72.8 Å². The van der Waals surface area contributed by atoms with Gasteiger partial charge in [0.1, 0.15) is 14.5 Å². The van der Waals surface area contributed by atoms with E-state index in [1.54, 1.807) is 13.8 Å². The zero-order chi connectivity index (χ0) is 13.5. The summed E-state index contributed by atoms with van der Waals surface area (Å²) in [5.74, 6) is -1.68. The van der Waals surface area contributed by atoms with Crippen LogP contribution in [0.4, 0.5) is 0 Å². The average Bonchev–Trinajstić information content (AvgIpc) is 2.22. The number of hydrogen-bond acceptors (Lipinski definition) is 4. The molecule has 0 fully saturated rings. The summed E-state index contributed by atoms with van der Waals surface area (Å²) in [6.45, 7) is 2.99. The van der Waals surface area contributed by atoms with E-state index in [4.69, 9.17) is 23.8 Å². The number of ether oxygens (including phenoxy) is 2. The van der Waals surface area contributed by atoms with Gasteiger partial charge in [-0.25, -0.2) is 0 Å². The highest BCUT2D eigenvalue weighted by atomic mass is 16.6. The van der Waals surface area contributed by atoms with Gasteiger partial charge in [0.25, 0.3) is 0 Å². The van der Waals surface area contributed by atoms with Crippen LogP contribution in [0.1, 0.15) is 35.0 Å². The Kier molecular flexibility index (Phi) is 5.32. The molecule has 16 heavy (non-hydrogen) atoms. The molecule has 0 bridgehead atoms. The highest BCUT2D eigenvalue weighted by Gasteiger charge is 2.22. The number of carbonyl (C=O) groups is 2. The summed E-state index contributed by atoms with van der Waals surface area (Å²) in [6.07, 6.45) is -0.466. The van der Waals surface area contributed by atoms with Crippen LogP contribution in [0.2, 0.25) is 0 Å². The van der Waals surface area contributed by atoms with Crippen molar-refractivity contribution in [3.63, 3.8) is 0 Å². The van der Waals surface area contributed by atoms with E-state index < -0.39 is 23.5 Å². The van der Waals surface area contributed by atoms with E-state index in [9.17, 15) is 9.59 Å². The highest BCUT2D eigenvalue weighted by Crippen LogP contribution is 2.12. The van der Waals surface area contributed by atoms with E-state index >= 15 is 0 Å². The summed E-state index contributed by atoms with van der Waals surface area (Å²) >= 11 is 0. The number of rotatable bonds is 7. The Morgan fingerprint density at radius 3 is 2.62 bits per heavy atom. The Morgan fingerprint density at radius 1 is 1.56 bits per heavy atom. The molecule has 0 amide bonds. The standard InChI is InChI=1S/C10H17BO5/c1-7(11)16-10(2,3)6-15-9(14)5-4-8(12)13/h7H,4-6H2,1-3H3,(H,12,13)/t7-/m1/s1/i2D/t7-,10?. The van der Waals surface area contributed by atoms with E-state index in [-0.39, 0.29) is 26.3 Å². The fraction of sp³-hybridized carbons (Fsp3) is 0.800. The Bertz CT molecular complexity index is 271. The predicted octanol–water partition coefficient (Wildman–Crippen LogP) is 0.704. The first kappa shape index (κ1) is 13.0. The van der Waals surface area contributed by atoms with Crippen molar-refractivity contribution < 1.29 is 25.5 Å². The van der Waals surface area contributed by atoms with Crippen molar-refractivity contribution >= 4 is 19.8 Å². The molecular formula is C10H17BO5. The fourth-order valence-electron chi connectivity index (χ4n) is 0.997.